The number of nitrogens with one attached hydrogen (secondary N) is 2. The summed E-state index contributed by atoms with van der Waals surface area (Å²) >= 11 is 0. The first-order valence-electron chi connectivity index (χ1n) is 7.00. The predicted molar refractivity (Wildman–Crippen MR) is 78.0 cm³/mol. The number of unbranched alkanes of at least 4 members (excludes halogenated alkanes) is 1. The van der Waals surface area contributed by atoms with Gasteiger partial charge in [-0.05, 0) is 25.0 Å². The summed E-state index contributed by atoms with van der Waals surface area (Å²) < 4.78 is 0. The van der Waals surface area contributed by atoms with Gasteiger partial charge in [-0.3, -0.25) is 10.1 Å². The molecule has 102 valence electrons. The van der Waals surface area contributed by atoms with E-state index in [0.29, 0.717) is 5.95 Å². The number of H-pyrrole nitrogens is 1. The number of aromatic amines is 1. The molecule has 1 amide bonds. The van der Waals surface area contributed by atoms with Gasteiger partial charge in [0.05, 0.1) is 11.0 Å². The van der Waals surface area contributed by atoms with E-state index in [2.05, 4.69) is 29.1 Å². The highest BCUT2D eigenvalue weighted by Crippen LogP contribution is 2.17. The monoisotopic (exact) mass is 259 g/mol. The normalized spacial score (nSPS) is 12.5. The van der Waals surface area contributed by atoms with Crippen molar-refractivity contribution in [3.05, 3.63) is 24.3 Å². The van der Waals surface area contributed by atoms with E-state index in [9.17, 15) is 4.79 Å². The summed E-state index contributed by atoms with van der Waals surface area (Å²) in [6, 6.07) is 7.76. The number of hydrogen-bond acceptors (Lipinski definition) is 2. The Labute approximate surface area is 113 Å². The van der Waals surface area contributed by atoms with Gasteiger partial charge in [0.15, 0.2) is 0 Å². The molecular weight excluding hydrogens is 238 g/mol. The lowest BCUT2D eigenvalue weighted by Crippen LogP contribution is -2.22. The molecule has 0 saturated carbocycles. The number of benzene rings is 1. The van der Waals surface area contributed by atoms with Crippen molar-refractivity contribution in [3.63, 3.8) is 0 Å². The van der Waals surface area contributed by atoms with Gasteiger partial charge in [-0.2, -0.15) is 0 Å². The average Bonchev–Trinajstić information content (AvgIpc) is 2.81. The molecule has 1 atom stereocenters. The molecule has 19 heavy (non-hydrogen) atoms. The van der Waals surface area contributed by atoms with E-state index in [1.54, 1.807) is 0 Å². The molecular formula is C15H21N3O. The predicted octanol–water partition coefficient (Wildman–Crippen LogP) is 3.72. The average molecular weight is 259 g/mol. The number of anilines is 1. The van der Waals surface area contributed by atoms with Gasteiger partial charge < -0.3 is 4.98 Å². The second-order valence-corrected chi connectivity index (χ2v) is 4.84. The second-order valence-electron chi connectivity index (χ2n) is 4.84. The van der Waals surface area contributed by atoms with Crippen LogP contribution in [0.2, 0.25) is 0 Å². The van der Waals surface area contributed by atoms with E-state index in [4.69, 9.17) is 0 Å². The first kappa shape index (κ1) is 13.6. The summed E-state index contributed by atoms with van der Waals surface area (Å²) in [7, 11) is 0. The summed E-state index contributed by atoms with van der Waals surface area (Å²) in [4.78, 5) is 19.6. The summed E-state index contributed by atoms with van der Waals surface area (Å²) in [5, 5.41) is 2.89. The number of fused-ring (bicyclic) bond motifs is 1. The number of carbonyl (C=O) groups is 1. The Morgan fingerprint density at radius 1 is 1.37 bits per heavy atom. The van der Waals surface area contributed by atoms with E-state index in [-0.39, 0.29) is 11.8 Å². The highest BCUT2D eigenvalue weighted by molar-refractivity contribution is 5.92. The minimum Gasteiger partial charge on any atom is -0.324 e. The van der Waals surface area contributed by atoms with Crippen molar-refractivity contribution in [1.29, 1.82) is 0 Å². The van der Waals surface area contributed by atoms with Gasteiger partial charge in [0.1, 0.15) is 0 Å². The first-order valence-corrected chi connectivity index (χ1v) is 7.00. The van der Waals surface area contributed by atoms with Gasteiger partial charge in [0.25, 0.3) is 0 Å². The zero-order chi connectivity index (χ0) is 13.7. The molecule has 0 radical (unpaired) electrons. The Morgan fingerprint density at radius 2 is 2.16 bits per heavy atom. The first-order chi connectivity index (χ1) is 9.24. The molecule has 0 aliphatic carbocycles. The fourth-order valence-corrected chi connectivity index (χ4v) is 2.20. The zero-order valence-electron chi connectivity index (χ0n) is 11.6. The van der Waals surface area contributed by atoms with Crippen LogP contribution in [0.1, 0.15) is 39.5 Å². The SMILES string of the molecule is CCCC[C@H](CC)C(=O)Nc1nc2ccccc2[nH]1. The van der Waals surface area contributed by atoms with Crippen LogP contribution in [-0.4, -0.2) is 15.9 Å². The molecule has 2 N–H and O–H groups in total. The van der Waals surface area contributed by atoms with Crippen LogP contribution >= 0.6 is 0 Å². The highest BCUT2D eigenvalue weighted by Gasteiger charge is 2.17. The molecule has 1 heterocycles. The lowest BCUT2D eigenvalue weighted by atomic mass is 9.99. The van der Waals surface area contributed by atoms with Crippen LogP contribution in [0.25, 0.3) is 11.0 Å². The Hall–Kier alpha value is -1.84. The molecule has 4 heteroatoms. The fraction of sp³-hybridized carbons (Fsp3) is 0.467. The number of rotatable bonds is 6. The number of aromatic nitrogens is 2. The number of imidazole rings is 1. The smallest absolute Gasteiger partial charge is 0.229 e. The Bertz CT molecular complexity index is 514. The summed E-state index contributed by atoms with van der Waals surface area (Å²) in [5.74, 6) is 0.685. The minimum atomic E-state index is 0.0648. The van der Waals surface area contributed by atoms with Gasteiger partial charge in [-0.25, -0.2) is 4.98 Å². The van der Waals surface area contributed by atoms with Crippen molar-refractivity contribution < 1.29 is 4.79 Å². The van der Waals surface area contributed by atoms with E-state index < -0.39 is 0 Å². The van der Waals surface area contributed by atoms with Gasteiger partial charge in [-0.15, -0.1) is 0 Å². The Kier molecular flexibility index (Phi) is 4.55. The maximum absolute atomic E-state index is 12.2. The van der Waals surface area contributed by atoms with Crippen molar-refractivity contribution in [1.82, 2.24) is 9.97 Å². The number of para-hydroxylation sites is 2. The van der Waals surface area contributed by atoms with Gasteiger partial charge in [0.2, 0.25) is 11.9 Å². The fourth-order valence-electron chi connectivity index (χ4n) is 2.20. The van der Waals surface area contributed by atoms with Crippen molar-refractivity contribution in [3.8, 4) is 0 Å². The molecule has 1 aromatic carbocycles. The maximum Gasteiger partial charge on any atom is 0.229 e. The molecule has 0 saturated heterocycles. The third kappa shape index (κ3) is 3.34. The summed E-state index contributed by atoms with van der Waals surface area (Å²) in [6.45, 7) is 4.20. The molecule has 0 unspecified atom stereocenters. The molecule has 2 aromatic rings. The second kappa shape index (κ2) is 6.36. The van der Waals surface area contributed by atoms with Crippen LogP contribution in [0, 0.1) is 5.92 Å². The largest absolute Gasteiger partial charge is 0.324 e. The molecule has 0 fully saturated rings. The summed E-state index contributed by atoms with van der Waals surface area (Å²) in [6.07, 6.45) is 4.02. The molecule has 1 aromatic heterocycles. The van der Waals surface area contributed by atoms with Crippen molar-refractivity contribution in [2.75, 3.05) is 5.32 Å². The molecule has 2 rings (SSSR count). The highest BCUT2D eigenvalue weighted by atomic mass is 16.2. The topological polar surface area (TPSA) is 57.8 Å². The minimum absolute atomic E-state index is 0.0648. The lowest BCUT2D eigenvalue weighted by Gasteiger charge is -2.12. The Morgan fingerprint density at radius 3 is 2.84 bits per heavy atom. The molecule has 0 aliphatic heterocycles. The van der Waals surface area contributed by atoms with Gasteiger partial charge >= 0.3 is 0 Å². The van der Waals surface area contributed by atoms with Gasteiger partial charge in [-0.1, -0.05) is 38.8 Å². The van der Waals surface area contributed by atoms with Crippen LogP contribution in [0.4, 0.5) is 5.95 Å². The lowest BCUT2D eigenvalue weighted by molar-refractivity contribution is -0.120. The molecule has 0 bridgehead atoms. The zero-order valence-corrected chi connectivity index (χ0v) is 11.6. The van der Waals surface area contributed by atoms with E-state index >= 15 is 0 Å². The summed E-state index contributed by atoms with van der Waals surface area (Å²) in [5.41, 5.74) is 1.82. The van der Waals surface area contributed by atoms with Crippen LogP contribution in [-0.2, 0) is 4.79 Å². The quantitative estimate of drug-likeness (QED) is 0.830. The third-order valence-corrected chi connectivity index (χ3v) is 3.40. The standard InChI is InChI=1S/C15H21N3O/c1-3-5-8-11(4-2)14(19)18-15-16-12-9-6-7-10-13(12)17-15/h6-7,9-11H,3-5,8H2,1-2H3,(H2,16,17,18,19)/t11-/m0/s1. The maximum atomic E-state index is 12.2. The van der Waals surface area contributed by atoms with Crippen LogP contribution in [0.3, 0.4) is 0 Å². The van der Waals surface area contributed by atoms with Crippen LogP contribution in [0.15, 0.2) is 24.3 Å². The molecule has 0 spiro atoms. The van der Waals surface area contributed by atoms with E-state index in [0.717, 1.165) is 36.7 Å². The van der Waals surface area contributed by atoms with E-state index in [1.165, 1.54) is 0 Å². The number of amides is 1. The van der Waals surface area contributed by atoms with Crippen molar-refractivity contribution in [2.24, 2.45) is 5.92 Å². The third-order valence-electron chi connectivity index (χ3n) is 3.40. The van der Waals surface area contributed by atoms with Crippen molar-refractivity contribution >= 4 is 22.9 Å². The molecule has 4 nitrogen and oxygen atoms in total. The van der Waals surface area contributed by atoms with Crippen molar-refractivity contribution in [2.45, 2.75) is 39.5 Å². The van der Waals surface area contributed by atoms with Crippen LogP contribution in [0.5, 0.6) is 0 Å². The molecule has 0 aliphatic rings. The number of hydrogen-bond donors (Lipinski definition) is 2. The van der Waals surface area contributed by atoms with E-state index in [1.807, 2.05) is 24.3 Å². The number of carbonyl (C=O) groups excluding carboxylic acids is 1. The van der Waals surface area contributed by atoms with Gasteiger partial charge in [0, 0.05) is 5.92 Å². The van der Waals surface area contributed by atoms with Crippen LogP contribution < -0.4 is 5.32 Å². The Balaban J connectivity index is 2.04. The number of nitrogens with zero attached hydrogens (tertiary/aromatic N) is 1.